The lowest BCUT2D eigenvalue weighted by Gasteiger charge is -2.15. The van der Waals surface area contributed by atoms with Crippen LogP contribution in [-0.4, -0.2) is 41.0 Å². The molecule has 0 bridgehead atoms. The number of aromatic nitrogens is 7. The first-order valence-corrected chi connectivity index (χ1v) is 11.3. The summed E-state index contributed by atoms with van der Waals surface area (Å²) in [6.45, 7) is 1.63. The second kappa shape index (κ2) is 8.11. The molecule has 0 aliphatic heterocycles. The topological polar surface area (TPSA) is 111 Å². The van der Waals surface area contributed by atoms with Crippen LogP contribution in [0.25, 0.3) is 44.8 Å². The smallest absolute Gasteiger partial charge is 0.144 e. The van der Waals surface area contributed by atoms with E-state index in [4.69, 9.17) is 10.7 Å². The van der Waals surface area contributed by atoms with E-state index in [0.717, 1.165) is 52.7 Å². The number of halogens is 1. The van der Waals surface area contributed by atoms with Crippen LogP contribution in [0.2, 0.25) is 0 Å². The Hall–Kier alpha value is -3.98. The van der Waals surface area contributed by atoms with Crippen molar-refractivity contribution in [3.63, 3.8) is 0 Å². The standard InChI is InChI=1S/C25H23FN8/c1-14-18(26)5-6-22(31-14)25-17(12-29-33-25)20-7-8-21-23(32-20)9-15(10-28-21)16-11-30-34(13-16)24-4-2-3-19(24)27/h5-13,19,24H,2-4,27H2,1H3,(H,29,33)/t19-,24+/m0/s1. The predicted molar refractivity (Wildman–Crippen MR) is 127 cm³/mol. The van der Waals surface area contributed by atoms with Gasteiger partial charge in [-0.1, -0.05) is 0 Å². The van der Waals surface area contributed by atoms with E-state index < -0.39 is 0 Å². The Morgan fingerprint density at radius 1 is 1.03 bits per heavy atom. The molecule has 0 aromatic carbocycles. The number of H-pyrrole nitrogens is 1. The molecule has 5 aromatic heterocycles. The summed E-state index contributed by atoms with van der Waals surface area (Å²) >= 11 is 0. The van der Waals surface area contributed by atoms with Crippen LogP contribution in [0, 0.1) is 12.7 Å². The van der Waals surface area contributed by atoms with Gasteiger partial charge in [-0.15, -0.1) is 0 Å². The molecule has 5 heterocycles. The third kappa shape index (κ3) is 3.54. The molecule has 1 fully saturated rings. The molecule has 0 radical (unpaired) electrons. The maximum absolute atomic E-state index is 13.7. The minimum absolute atomic E-state index is 0.148. The third-order valence-electron chi connectivity index (χ3n) is 6.52. The van der Waals surface area contributed by atoms with Crippen molar-refractivity contribution in [1.82, 2.24) is 34.9 Å². The molecular weight excluding hydrogens is 431 g/mol. The number of rotatable bonds is 4. The van der Waals surface area contributed by atoms with Gasteiger partial charge in [0.2, 0.25) is 0 Å². The number of nitrogens with two attached hydrogens (primary N) is 1. The van der Waals surface area contributed by atoms with Gasteiger partial charge in [-0.05, 0) is 56.5 Å². The lowest BCUT2D eigenvalue weighted by Crippen LogP contribution is -2.27. The molecule has 1 aliphatic rings. The number of nitrogens with zero attached hydrogens (tertiary/aromatic N) is 6. The minimum Gasteiger partial charge on any atom is -0.326 e. The quantitative estimate of drug-likeness (QED) is 0.415. The van der Waals surface area contributed by atoms with Gasteiger partial charge in [0.15, 0.2) is 0 Å². The summed E-state index contributed by atoms with van der Waals surface area (Å²) in [5.74, 6) is -0.346. The average Bonchev–Trinajstić information content (AvgIpc) is 3.61. The zero-order valence-corrected chi connectivity index (χ0v) is 18.6. The van der Waals surface area contributed by atoms with E-state index in [1.807, 2.05) is 41.5 Å². The van der Waals surface area contributed by atoms with E-state index >= 15 is 0 Å². The van der Waals surface area contributed by atoms with Crippen LogP contribution >= 0.6 is 0 Å². The highest BCUT2D eigenvalue weighted by Gasteiger charge is 2.26. The van der Waals surface area contributed by atoms with Gasteiger partial charge in [-0.3, -0.25) is 14.8 Å². The van der Waals surface area contributed by atoms with Crippen LogP contribution in [0.5, 0.6) is 0 Å². The van der Waals surface area contributed by atoms with E-state index in [2.05, 4.69) is 25.3 Å². The summed E-state index contributed by atoms with van der Waals surface area (Å²) in [5.41, 5.74) is 12.8. The molecule has 0 spiro atoms. The normalized spacial score (nSPS) is 18.1. The Balaban J connectivity index is 1.37. The second-order valence-electron chi connectivity index (χ2n) is 8.74. The monoisotopic (exact) mass is 454 g/mol. The van der Waals surface area contributed by atoms with E-state index in [1.165, 1.54) is 6.07 Å². The molecule has 170 valence electrons. The molecule has 6 rings (SSSR count). The van der Waals surface area contributed by atoms with Gasteiger partial charge in [0.25, 0.3) is 0 Å². The minimum atomic E-state index is -0.346. The van der Waals surface area contributed by atoms with E-state index in [-0.39, 0.29) is 17.9 Å². The summed E-state index contributed by atoms with van der Waals surface area (Å²) in [6.07, 6.45) is 10.7. The number of nitrogens with one attached hydrogen (secondary N) is 1. The van der Waals surface area contributed by atoms with Crippen molar-refractivity contribution >= 4 is 11.0 Å². The first kappa shape index (κ1) is 20.6. The summed E-state index contributed by atoms with van der Waals surface area (Å²) in [5, 5.41) is 11.8. The van der Waals surface area contributed by atoms with Gasteiger partial charge in [-0.2, -0.15) is 10.2 Å². The highest BCUT2D eigenvalue weighted by molar-refractivity contribution is 5.84. The molecule has 34 heavy (non-hydrogen) atoms. The van der Waals surface area contributed by atoms with Crippen LogP contribution in [0.4, 0.5) is 4.39 Å². The zero-order valence-electron chi connectivity index (χ0n) is 18.6. The highest BCUT2D eigenvalue weighted by atomic mass is 19.1. The van der Waals surface area contributed by atoms with Crippen molar-refractivity contribution in [3.8, 4) is 33.8 Å². The first-order chi connectivity index (χ1) is 16.6. The maximum Gasteiger partial charge on any atom is 0.144 e. The zero-order chi connectivity index (χ0) is 23.2. The Labute approximate surface area is 195 Å². The molecule has 3 N–H and O–H groups in total. The van der Waals surface area contributed by atoms with Crippen LogP contribution < -0.4 is 5.73 Å². The van der Waals surface area contributed by atoms with Crippen molar-refractivity contribution in [2.75, 3.05) is 0 Å². The van der Waals surface area contributed by atoms with Crippen LogP contribution in [-0.2, 0) is 0 Å². The Morgan fingerprint density at radius 3 is 2.74 bits per heavy atom. The highest BCUT2D eigenvalue weighted by Crippen LogP contribution is 2.32. The maximum atomic E-state index is 13.7. The molecular formula is C25H23FN8. The van der Waals surface area contributed by atoms with Crippen molar-refractivity contribution in [2.45, 2.75) is 38.3 Å². The third-order valence-corrected chi connectivity index (χ3v) is 6.52. The van der Waals surface area contributed by atoms with Gasteiger partial charge >= 0.3 is 0 Å². The Kier molecular flexibility index (Phi) is 4.91. The van der Waals surface area contributed by atoms with Crippen molar-refractivity contribution in [2.24, 2.45) is 5.73 Å². The largest absolute Gasteiger partial charge is 0.326 e. The van der Waals surface area contributed by atoms with Crippen LogP contribution in [0.15, 0.2) is 55.1 Å². The molecule has 0 saturated heterocycles. The SMILES string of the molecule is Cc1nc(-c2n[nH]cc2-c2ccc3ncc(-c4cnn([C@@H]5CCC[C@@H]5N)c4)cc3n2)ccc1F. The Bertz CT molecular complexity index is 1500. The van der Waals surface area contributed by atoms with E-state index in [0.29, 0.717) is 17.1 Å². The molecule has 9 heteroatoms. The molecule has 0 amide bonds. The fourth-order valence-corrected chi connectivity index (χ4v) is 4.64. The predicted octanol–water partition coefficient (Wildman–Crippen LogP) is 4.45. The molecule has 2 atom stereocenters. The molecule has 1 aliphatic carbocycles. The van der Waals surface area contributed by atoms with E-state index in [1.54, 1.807) is 19.2 Å². The summed E-state index contributed by atoms with van der Waals surface area (Å²) in [4.78, 5) is 13.8. The van der Waals surface area contributed by atoms with Crippen molar-refractivity contribution in [3.05, 3.63) is 66.6 Å². The van der Waals surface area contributed by atoms with E-state index in [9.17, 15) is 4.39 Å². The molecule has 8 nitrogen and oxygen atoms in total. The van der Waals surface area contributed by atoms with Gasteiger partial charge in [-0.25, -0.2) is 14.4 Å². The summed E-state index contributed by atoms with van der Waals surface area (Å²) in [7, 11) is 0. The molecule has 0 unspecified atom stereocenters. The van der Waals surface area contributed by atoms with Crippen molar-refractivity contribution < 1.29 is 4.39 Å². The second-order valence-corrected chi connectivity index (χ2v) is 8.74. The van der Waals surface area contributed by atoms with Gasteiger partial charge in [0.05, 0.1) is 40.4 Å². The van der Waals surface area contributed by atoms with Crippen molar-refractivity contribution in [1.29, 1.82) is 0 Å². The van der Waals surface area contributed by atoms with Gasteiger partial charge < -0.3 is 5.73 Å². The summed E-state index contributed by atoms with van der Waals surface area (Å²) in [6, 6.07) is 9.27. The van der Waals surface area contributed by atoms with Gasteiger partial charge in [0.1, 0.15) is 11.5 Å². The first-order valence-electron chi connectivity index (χ1n) is 11.3. The summed E-state index contributed by atoms with van der Waals surface area (Å²) < 4.78 is 15.7. The van der Waals surface area contributed by atoms with Crippen LogP contribution in [0.3, 0.4) is 0 Å². The number of pyridine rings is 3. The molecule has 1 saturated carbocycles. The fourth-order valence-electron chi connectivity index (χ4n) is 4.64. The lowest BCUT2D eigenvalue weighted by atomic mass is 10.1. The number of hydrogen-bond acceptors (Lipinski definition) is 6. The number of hydrogen-bond donors (Lipinski definition) is 2. The Morgan fingerprint density at radius 2 is 1.91 bits per heavy atom. The fraction of sp³-hybridized carbons (Fsp3) is 0.240. The number of aryl methyl sites for hydroxylation is 1. The molecule has 5 aromatic rings. The number of fused-ring (bicyclic) bond motifs is 1. The van der Waals surface area contributed by atoms with Gasteiger partial charge in [0, 0.05) is 41.3 Å². The number of aromatic amines is 1. The average molecular weight is 455 g/mol. The van der Waals surface area contributed by atoms with Crippen LogP contribution in [0.1, 0.15) is 31.0 Å². The lowest BCUT2D eigenvalue weighted by molar-refractivity contribution is 0.422.